The van der Waals surface area contributed by atoms with Crippen LogP contribution < -0.4 is 0 Å². The first-order valence-electron chi connectivity index (χ1n) is 8.86. The third kappa shape index (κ3) is 6.56. The predicted molar refractivity (Wildman–Crippen MR) is 107 cm³/mol. The lowest BCUT2D eigenvalue weighted by Crippen LogP contribution is -2.26. The third-order valence-corrected chi connectivity index (χ3v) is 4.65. The molecule has 0 amide bonds. The van der Waals surface area contributed by atoms with E-state index < -0.39 is 11.9 Å². The Morgan fingerprint density at radius 3 is 1.37 bits per heavy atom. The van der Waals surface area contributed by atoms with Crippen molar-refractivity contribution in [3.05, 3.63) is 69.7 Å². The van der Waals surface area contributed by atoms with Crippen LogP contribution >= 0.6 is 23.2 Å². The molecule has 0 bridgehead atoms. The smallest absolute Gasteiger partial charge is 0.338 e. The van der Waals surface area contributed by atoms with E-state index in [9.17, 15) is 9.59 Å². The number of ether oxygens (including phenoxy) is 2. The zero-order valence-corrected chi connectivity index (χ0v) is 16.8. The molecule has 0 unspecified atom stereocenters. The molecule has 0 saturated carbocycles. The second-order valence-corrected chi connectivity index (χ2v) is 6.99. The molecule has 0 heterocycles. The van der Waals surface area contributed by atoms with Crippen molar-refractivity contribution < 1.29 is 19.1 Å². The van der Waals surface area contributed by atoms with Crippen molar-refractivity contribution in [2.75, 3.05) is 0 Å². The maximum atomic E-state index is 12.3. The highest BCUT2D eigenvalue weighted by molar-refractivity contribution is 6.30. The number of rotatable bonds is 8. The highest BCUT2D eigenvalue weighted by atomic mass is 35.5. The van der Waals surface area contributed by atoms with E-state index in [1.807, 2.05) is 13.8 Å². The summed E-state index contributed by atoms with van der Waals surface area (Å²) in [5.74, 6) is -0.838. The van der Waals surface area contributed by atoms with E-state index in [0.29, 0.717) is 40.4 Å². The van der Waals surface area contributed by atoms with Crippen molar-refractivity contribution >= 4 is 35.1 Å². The van der Waals surface area contributed by atoms with E-state index in [2.05, 4.69) is 0 Å². The summed E-state index contributed by atoms with van der Waals surface area (Å²) in [6, 6.07) is 13.0. The zero-order valence-electron chi connectivity index (χ0n) is 15.3. The van der Waals surface area contributed by atoms with E-state index in [1.54, 1.807) is 48.5 Å². The van der Waals surface area contributed by atoms with Gasteiger partial charge >= 0.3 is 11.9 Å². The monoisotopic (exact) mass is 408 g/mol. The zero-order chi connectivity index (χ0) is 19.8. The van der Waals surface area contributed by atoms with Crippen molar-refractivity contribution in [1.82, 2.24) is 0 Å². The normalized spacial score (nSPS) is 12.9. The molecule has 2 aromatic rings. The number of hydrogen-bond acceptors (Lipinski definition) is 4. The average Bonchev–Trinajstić information content (AvgIpc) is 2.67. The van der Waals surface area contributed by atoms with Gasteiger partial charge in [-0.2, -0.15) is 0 Å². The largest absolute Gasteiger partial charge is 0.459 e. The number of esters is 2. The Balaban J connectivity index is 1.95. The van der Waals surface area contributed by atoms with E-state index in [1.165, 1.54) is 0 Å². The Morgan fingerprint density at radius 1 is 0.741 bits per heavy atom. The SMILES string of the molecule is CC[C@H](C[C@H](CC)OC(=O)c1ccc(Cl)cc1)OC(=O)c1ccc(Cl)cc1. The van der Waals surface area contributed by atoms with E-state index in [0.717, 1.165) is 0 Å². The lowest BCUT2D eigenvalue weighted by atomic mass is 10.1. The molecule has 0 aliphatic carbocycles. The summed E-state index contributed by atoms with van der Waals surface area (Å²) >= 11 is 11.7. The molecule has 6 heteroatoms. The Labute approximate surface area is 169 Å². The Bertz CT molecular complexity index is 691. The van der Waals surface area contributed by atoms with Gasteiger partial charge in [-0.25, -0.2) is 9.59 Å². The minimum absolute atomic E-state index is 0.351. The first-order chi connectivity index (χ1) is 12.9. The maximum absolute atomic E-state index is 12.3. The Morgan fingerprint density at radius 2 is 1.07 bits per heavy atom. The Hall–Kier alpha value is -2.04. The molecule has 0 saturated heterocycles. The van der Waals surface area contributed by atoms with Gasteiger partial charge in [-0.05, 0) is 61.4 Å². The fraction of sp³-hybridized carbons (Fsp3) is 0.333. The van der Waals surface area contributed by atoms with Crippen LogP contribution in [-0.4, -0.2) is 24.1 Å². The minimum atomic E-state index is -0.419. The average molecular weight is 409 g/mol. The van der Waals surface area contributed by atoms with Crippen LogP contribution in [0.1, 0.15) is 53.8 Å². The van der Waals surface area contributed by atoms with Crippen LogP contribution in [0, 0.1) is 0 Å². The van der Waals surface area contributed by atoms with E-state index in [-0.39, 0.29) is 12.2 Å². The summed E-state index contributed by atoms with van der Waals surface area (Å²) in [6.45, 7) is 3.85. The van der Waals surface area contributed by atoms with Crippen molar-refractivity contribution in [3.63, 3.8) is 0 Å². The van der Waals surface area contributed by atoms with Crippen LogP contribution in [0.25, 0.3) is 0 Å². The van der Waals surface area contributed by atoms with Gasteiger partial charge in [-0.15, -0.1) is 0 Å². The second-order valence-electron chi connectivity index (χ2n) is 6.12. The highest BCUT2D eigenvalue weighted by Crippen LogP contribution is 2.18. The van der Waals surface area contributed by atoms with Crippen molar-refractivity contribution in [1.29, 1.82) is 0 Å². The number of hydrogen-bond donors (Lipinski definition) is 0. The van der Waals surface area contributed by atoms with Crippen LogP contribution in [0.3, 0.4) is 0 Å². The van der Waals surface area contributed by atoms with Crippen LogP contribution in [0.2, 0.25) is 10.0 Å². The first-order valence-corrected chi connectivity index (χ1v) is 9.61. The van der Waals surface area contributed by atoms with Gasteiger partial charge in [0.05, 0.1) is 11.1 Å². The third-order valence-electron chi connectivity index (χ3n) is 4.14. The van der Waals surface area contributed by atoms with Gasteiger partial charge in [0.25, 0.3) is 0 Å². The van der Waals surface area contributed by atoms with Crippen LogP contribution in [0.15, 0.2) is 48.5 Å². The summed E-state index contributed by atoms with van der Waals surface area (Å²) in [5.41, 5.74) is 0.869. The maximum Gasteiger partial charge on any atom is 0.338 e. The summed E-state index contributed by atoms with van der Waals surface area (Å²) in [4.78, 5) is 24.6. The lowest BCUT2D eigenvalue weighted by molar-refractivity contribution is -0.00187. The van der Waals surface area contributed by atoms with Crippen LogP contribution in [0.5, 0.6) is 0 Å². The molecule has 0 N–H and O–H groups in total. The van der Waals surface area contributed by atoms with E-state index in [4.69, 9.17) is 32.7 Å². The van der Waals surface area contributed by atoms with Crippen molar-refractivity contribution in [2.24, 2.45) is 0 Å². The Kier molecular flexibility index (Phi) is 8.14. The summed E-state index contributed by atoms with van der Waals surface area (Å²) in [6.07, 6.45) is 0.973. The number of carbonyl (C=O) groups is 2. The van der Waals surface area contributed by atoms with Crippen LogP contribution in [-0.2, 0) is 9.47 Å². The molecule has 2 rings (SSSR count). The van der Waals surface area contributed by atoms with Gasteiger partial charge < -0.3 is 9.47 Å². The van der Waals surface area contributed by atoms with Crippen molar-refractivity contribution in [3.8, 4) is 0 Å². The number of halogens is 2. The molecule has 0 aliphatic rings. The van der Waals surface area contributed by atoms with Crippen molar-refractivity contribution in [2.45, 2.75) is 45.3 Å². The van der Waals surface area contributed by atoms with Crippen LogP contribution in [0.4, 0.5) is 0 Å². The highest BCUT2D eigenvalue weighted by Gasteiger charge is 2.22. The molecule has 0 radical (unpaired) electrons. The van der Waals surface area contributed by atoms with Gasteiger partial charge in [0.2, 0.25) is 0 Å². The molecule has 144 valence electrons. The fourth-order valence-electron chi connectivity index (χ4n) is 2.50. The molecule has 2 atom stereocenters. The molecular weight excluding hydrogens is 387 g/mol. The standard InChI is InChI=1S/C21H22Cl2O4/c1-3-18(26-20(24)14-5-9-16(22)10-6-14)13-19(4-2)27-21(25)15-7-11-17(23)12-8-15/h5-12,18-19H,3-4,13H2,1-2H3/t18-,19+. The number of benzene rings is 2. The molecule has 0 aromatic heterocycles. The number of carbonyl (C=O) groups excluding carboxylic acids is 2. The molecule has 4 nitrogen and oxygen atoms in total. The van der Waals surface area contributed by atoms with Gasteiger partial charge in [-0.3, -0.25) is 0 Å². The predicted octanol–water partition coefficient (Wildman–Crippen LogP) is 5.95. The quantitative estimate of drug-likeness (QED) is 0.505. The molecule has 27 heavy (non-hydrogen) atoms. The van der Waals surface area contributed by atoms with Gasteiger partial charge in [0.1, 0.15) is 12.2 Å². The minimum Gasteiger partial charge on any atom is -0.459 e. The fourth-order valence-corrected chi connectivity index (χ4v) is 2.75. The molecule has 0 fully saturated rings. The molecule has 2 aromatic carbocycles. The second kappa shape index (κ2) is 10.3. The molecular formula is C21H22Cl2O4. The van der Waals surface area contributed by atoms with Gasteiger partial charge in [-0.1, -0.05) is 37.0 Å². The summed E-state index contributed by atoms with van der Waals surface area (Å²) in [5, 5.41) is 1.11. The first kappa shape index (κ1) is 21.3. The van der Waals surface area contributed by atoms with Gasteiger partial charge in [0.15, 0.2) is 0 Å². The van der Waals surface area contributed by atoms with Gasteiger partial charge in [0, 0.05) is 16.5 Å². The molecule has 0 spiro atoms. The summed E-state index contributed by atoms with van der Waals surface area (Å²) < 4.78 is 11.1. The molecule has 0 aliphatic heterocycles. The lowest BCUT2D eigenvalue weighted by Gasteiger charge is -2.22. The van der Waals surface area contributed by atoms with E-state index >= 15 is 0 Å². The topological polar surface area (TPSA) is 52.6 Å². The summed E-state index contributed by atoms with van der Waals surface area (Å²) in [7, 11) is 0.